The summed E-state index contributed by atoms with van der Waals surface area (Å²) in [6, 6.07) is 14.1. The zero-order chi connectivity index (χ0) is 21.2. The molecule has 0 aromatic heterocycles. The zero-order valence-corrected chi connectivity index (χ0v) is 15.4. The first-order valence-electron chi connectivity index (χ1n) is 8.08. The van der Waals surface area contributed by atoms with Crippen molar-refractivity contribution in [3.8, 4) is 16.9 Å². The molecule has 0 saturated carbocycles. The van der Waals surface area contributed by atoms with E-state index in [0.717, 1.165) is 12.1 Å². The van der Waals surface area contributed by atoms with Gasteiger partial charge in [0, 0.05) is 11.6 Å². The lowest BCUT2D eigenvalue weighted by molar-refractivity contribution is -0.386. The third kappa shape index (κ3) is 4.38. The van der Waals surface area contributed by atoms with E-state index >= 15 is 0 Å². The summed E-state index contributed by atoms with van der Waals surface area (Å²) in [5.41, 5.74) is 0.637. The van der Waals surface area contributed by atoms with Crippen LogP contribution >= 0.6 is 0 Å². The molecular weight excluding hydrogens is 403 g/mol. The Morgan fingerprint density at radius 2 is 1.52 bits per heavy atom. The summed E-state index contributed by atoms with van der Waals surface area (Å²) in [4.78, 5) is 21.7. The number of sulfonamides is 1. The van der Waals surface area contributed by atoms with E-state index in [0.29, 0.717) is 17.2 Å². The molecule has 1 amide bonds. The van der Waals surface area contributed by atoms with E-state index in [9.17, 15) is 32.8 Å². The number of nitro groups is 1. The van der Waals surface area contributed by atoms with Gasteiger partial charge in [-0.15, -0.1) is 0 Å². The minimum Gasteiger partial charge on any atom is -0.502 e. The van der Waals surface area contributed by atoms with E-state index in [4.69, 9.17) is 0 Å². The number of hydrogen-bond donors (Lipinski definition) is 2. The van der Waals surface area contributed by atoms with Crippen LogP contribution < -0.4 is 4.72 Å². The second-order valence-electron chi connectivity index (χ2n) is 5.93. The Balaban J connectivity index is 1.81. The topological polar surface area (TPSA) is 127 Å². The standard InChI is InChI=1S/C19H13FN2O6S/c20-15-7-5-13(6-8-15)12-1-3-14(4-2-12)19(24)21-29(27,28)16-9-10-18(23)17(11-16)22(25)26/h1-11,23H,(H,21,24). The van der Waals surface area contributed by atoms with Gasteiger partial charge in [0.25, 0.3) is 15.9 Å². The molecule has 0 spiro atoms. The number of nitrogens with one attached hydrogen (secondary N) is 1. The highest BCUT2D eigenvalue weighted by atomic mass is 32.2. The first kappa shape index (κ1) is 20.0. The molecule has 3 aromatic rings. The van der Waals surface area contributed by atoms with Crippen LogP contribution in [-0.2, 0) is 10.0 Å². The predicted octanol–water partition coefficient (Wildman–Crippen LogP) is 3.23. The average molecular weight is 416 g/mol. The van der Waals surface area contributed by atoms with Gasteiger partial charge in [0.15, 0.2) is 5.75 Å². The summed E-state index contributed by atoms with van der Waals surface area (Å²) >= 11 is 0. The number of phenolic OH excluding ortho intramolecular Hbond substituents is 1. The van der Waals surface area contributed by atoms with Crippen LogP contribution in [0.3, 0.4) is 0 Å². The summed E-state index contributed by atoms with van der Waals surface area (Å²) in [6.07, 6.45) is 0. The van der Waals surface area contributed by atoms with Crippen molar-refractivity contribution < 1.29 is 27.6 Å². The van der Waals surface area contributed by atoms with Crippen molar-refractivity contribution in [2.75, 3.05) is 0 Å². The third-order valence-electron chi connectivity index (χ3n) is 4.01. The van der Waals surface area contributed by atoms with Gasteiger partial charge < -0.3 is 5.11 Å². The molecule has 0 aliphatic heterocycles. The van der Waals surface area contributed by atoms with Crippen molar-refractivity contribution in [2.24, 2.45) is 0 Å². The number of nitro benzene ring substituents is 1. The molecule has 0 radical (unpaired) electrons. The fourth-order valence-corrected chi connectivity index (χ4v) is 3.51. The number of carbonyl (C=O) groups excluding carboxylic acids is 1. The summed E-state index contributed by atoms with van der Waals surface area (Å²) in [5.74, 6) is -2.02. The molecule has 8 nitrogen and oxygen atoms in total. The maximum absolute atomic E-state index is 13.0. The van der Waals surface area contributed by atoms with Gasteiger partial charge >= 0.3 is 5.69 Å². The second-order valence-corrected chi connectivity index (χ2v) is 7.61. The number of carbonyl (C=O) groups is 1. The summed E-state index contributed by atoms with van der Waals surface area (Å²) in [7, 11) is -4.40. The highest BCUT2D eigenvalue weighted by Gasteiger charge is 2.23. The predicted molar refractivity (Wildman–Crippen MR) is 101 cm³/mol. The molecule has 10 heteroatoms. The molecule has 29 heavy (non-hydrogen) atoms. The van der Waals surface area contributed by atoms with Gasteiger partial charge in [-0.2, -0.15) is 0 Å². The highest BCUT2D eigenvalue weighted by molar-refractivity contribution is 7.90. The molecule has 3 rings (SSSR count). The van der Waals surface area contributed by atoms with Crippen molar-refractivity contribution in [2.45, 2.75) is 4.90 Å². The van der Waals surface area contributed by atoms with E-state index in [1.807, 2.05) is 4.72 Å². The Bertz CT molecular complexity index is 1190. The number of phenols is 1. The van der Waals surface area contributed by atoms with Crippen LogP contribution in [0.25, 0.3) is 11.1 Å². The number of aromatic hydroxyl groups is 1. The molecule has 0 atom stereocenters. The molecule has 2 N–H and O–H groups in total. The van der Waals surface area contributed by atoms with Crippen LogP contribution in [0.4, 0.5) is 10.1 Å². The van der Waals surface area contributed by atoms with Gasteiger partial charge in [-0.1, -0.05) is 24.3 Å². The number of hydrogen-bond acceptors (Lipinski definition) is 6. The maximum Gasteiger partial charge on any atom is 0.312 e. The van der Waals surface area contributed by atoms with Gasteiger partial charge in [0.2, 0.25) is 0 Å². The zero-order valence-electron chi connectivity index (χ0n) is 14.6. The van der Waals surface area contributed by atoms with Crippen LogP contribution in [0.1, 0.15) is 10.4 Å². The molecule has 3 aromatic carbocycles. The lowest BCUT2D eigenvalue weighted by Gasteiger charge is -2.08. The van der Waals surface area contributed by atoms with Crippen molar-refractivity contribution in [3.05, 3.63) is 88.2 Å². The Hall–Kier alpha value is -3.79. The van der Waals surface area contributed by atoms with Crippen molar-refractivity contribution in [1.82, 2.24) is 4.72 Å². The van der Waals surface area contributed by atoms with Gasteiger partial charge in [0.05, 0.1) is 9.82 Å². The molecule has 0 aliphatic carbocycles. The molecule has 0 bridgehead atoms. The van der Waals surface area contributed by atoms with Gasteiger partial charge in [-0.05, 0) is 47.5 Å². The van der Waals surface area contributed by atoms with Gasteiger partial charge in [-0.25, -0.2) is 17.5 Å². The second kappa shape index (κ2) is 7.68. The SMILES string of the molecule is O=C(NS(=O)(=O)c1ccc(O)c([N+](=O)[O-])c1)c1ccc(-c2ccc(F)cc2)cc1. The number of benzene rings is 3. The van der Waals surface area contributed by atoms with Crippen molar-refractivity contribution in [3.63, 3.8) is 0 Å². The third-order valence-corrected chi connectivity index (χ3v) is 5.33. The Kier molecular flexibility index (Phi) is 5.29. The maximum atomic E-state index is 13.0. The van der Waals surface area contributed by atoms with Crippen LogP contribution in [0.15, 0.2) is 71.6 Å². The smallest absolute Gasteiger partial charge is 0.312 e. The van der Waals surface area contributed by atoms with E-state index in [2.05, 4.69) is 0 Å². The summed E-state index contributed by atoms with van der Waals surface area (Å²) in [5, 5.41) is 20.3. The van der Waals surface area contributed by atoms with Gasteiger partial charge in [0.1, 0.15) is 5.82 Å². The lowest BCUT2D eigenvalue weighted by Crippen LogP contribution is -2.30. The Morgan fingerprint density at radius 3 is 2.07 bits per heavy atom. The monoisotopic (exact) mass is 416 g/mol. The molecule has 0 aliphatic rings. The Labute approximate surface area is 164 Å². The molecular formula is C19H13FN2O6S. The van der Waals surface area contributed by atoms with Gasteiger partial charge in [-0.3, -0.25) is 14.9 Å². The molecule has 148 valence electrons. The van der Waals surface area contributed by atoms with E-state index < -0.39 is 37.2 Å². The summed E-state index contributed by atoms with van der Waals surface area (Å²) < 4.78 is 39.5. The minimum atomic E-state index is -4.40. The Morgan fingerprint density at radius 1 is 0.966 bits per heavy atom. The highest BCUT2D eigenvalue weighted by Crippen LogP contribution is 2.28. The largest absolute Gasteiger partial charge is 0.502 e. The van der Waals surface area contributed by atoms with Crippen LogP contribution in [0.2, 0.25) is 0 Å². The number of nitrogens with zero attached hydrogens (tertiary/aromatic N) is 1. The number of rotatable bonds is 5. The average Bonchev–Trinajstić information content (AvgIpc) is 2.68. The van der Waals surface area contributed by atoms with Crippen molar-refractivity contribution >= 4 is 21.6 Å². The normalized spacial score (nSPS) is 11.1. The molecule has 0 fully saturated rings. The lowest BCUT2D eigenvalue weighted by atomic mass is 10.0. The number of halogens is 1. The first-order chi connectivity index (χ1) is 13.7. The fourth-order valence-electron chi connectivity index (χ4n) is 2.51. The van der Waals surface area contributed by atoms with Crippen LogP contribution in [-0.4, -0.2) is 24.4 Å². The molecule has 0 unspecified atom stereocenters. The quantitative estimate of drug-likeness (QED) is 0.486. The number of amides is 1. The molecule has 0 saturated heterocycles. The van der Waals surface area contributed by atoms with E-state index in [-0.39, 0.29) is 11.4 Å². The van der Waals surface area contributed by atoms with Crippen LogP contribution in [0, 0.1) is 15.9 Å². The first-order valence-corrected chi connectivity index (χ1v) is 9.56. The summed E-state index contributed by atoms with van der Waals surface area (Å²) in [6.45, 7) is 0. The van der Waals surface area contributed by atoms with E-state index in [1.165, 1.54) is 24.3 Å². The fraction of sp³-hybridized carbons (Fsp3) is 0. The molecule has 0 heterocycles. The van der Waals surface area contributed by atoms with Crippen molar-refractivity contribution in [1.29, 1.82) is 0 Å². The van der Waals surface area contributed by atoms with E-state index in [1.54, 1.807) is 24.3 Å². The minimum absolute atomic E-state index is 0.0349. The van der Waals surface area contributed by atoms with Crippen LogP contribution in [0.5, 0.6) is 5.75 Å².